The molecular weight excluding hydrogens is 346 g/mol. The van der Waals surface area contributed by atoms with E-state index in [0.29, 0.717) is 11.1 Å². The Labute approximate surface area is 164 Å². The van der Waals surface area contributed by atoms with Crippen LogP contribution in [-0.4, -0.2) is 13.1 Å². The summed E-state index contributed by atoms with van der Waals surface area (Å²) < 4.78 is 4.70. The molecule has 0 unspecified atom stereocenters. The van der Waals surface area contributed by atoms with Crippen LogP contribution < -0.4 is 0 Å². The fraction of sp³-hybridized carbons (Fsp3) is 0.0400. The predicted molar refractivity (Wildman–Crippen MR) is 113 cm³/mol. The molecule has 0 N–H and O–H groups in total. The molecule has 0 aliphatic heterocycles. The summed E-state index contributed by atoms with van der Waals surface area (Å²) in [7, 11) is 1.37. The summed E-state index contributed by atoms with van der Waals surface area (Å²) in [6.45, 7) is 0. The minimum absolute atomic E-state index is 0.333. The van der Waals surface area contributed by atoms with E-state index in [1.807, 2.05) is 60.7 Å². The van der Waals surface area contributed by atoms with Crippen LogP contribution in [0.4, 0.5) is 0 Å². The molecule has 0 atom stereocenters. The van der Waals surface area contributed by atoms with E-state index in [2.05, 4.69) is 30.3 Å². The standard InChI is InChI=1S/C25H19NO2/c1-28-25(27)24-16-14-22(15-17-24)9-8-20-4-2-19(3-5-20)6-7-21-10-12-23(18-26)13-11-21/h2-17H,1H3. The smallest absolute Gasteiger partial charge is 0.337 e. The number of hydrogen-bond acceptors (Lipinski definition) is 3. The van der Waals surface area contributed by atoms with Gasteiger partial charge in [-0.1, -0.05) is 72.8 Å². The summed E-state index contributed by atoms with van der Waals surface area (Å²) in [4.78, 5) is 11.5. The van der Waals surface area contributed by atoms with Crippen LogP contribution in [0.25, 0.3) is 24.3 Å². The van der Waals surface area contributed by atoms with E-state index in [9.17, 15) is 4.79 Å². The SMILES string of the molecule is COC(=O)c1ccc(C=Cc2ccc(C=Cc3ccc(C#N)cc3)cc2)cc1. The first-order valence-corrected chi connectivity index (χ1v) is 8.83. The van der Waals surface area contributed by atoms with Crippen LogP contribution in [-0.2, 0) is 4.74 Å². The van der Waals surface area contributed by atoms with E-state index >= 15 is 0 Å². The van der Waals surface area contributed by atoms with E-state index < -0.39 is 0 Å². The van der Waals surface area contributed by atoms with Gasteiger partial charge in [-0.25, -0.2) is 4.79 Å². The molecule has 28 heavy (non-hydrogen) atoms. The van der Waals surface area contributed by atoms with Crippen LogP contribution in [0.3, 0.4) is 0 Å². The van der Waals surface area contributed by atoms with Crippen LogP contribution in [0, 0.1) is 11.3 Å². The van der Waals surface area contributed by atoms with Gasteiger partial charge < -0.3 is 4.74 Å². The highest BCUT2D eigenvalue weighted by atomic mass is 16.5. The van der Waals surface area contributed by atoms with E-state index in [4.69, 9.17) is 10.00 Å². The number of nitrogens with zero attached hydrogens (tertiary/aromatic N) is 1. The second-order valence-corrected chi connectivity index (χ2v) is 6.18. The first-order chi connectivity index (χ1) is 13.7. The van der Waals surface area contributed by atoms with E-state index in [1.165, 1.54) is 7.11 Å². The third-order valence-corrected chi connectivity index (χ3v) is 4.24. The van der Waals surface area contributed by atoms with Crippen molar-refractivity contribution in [1.29, 1.82) is 5.26 Å². The number of carbonyl (C=O) groups is 1. The number of methoxy groups -OCH3 is 1. The number of nitriles is 1. The van der Waals surface area contributed by atoms with Crippen molar-refractivity contribution in [2.45, 2.75) is 0 Å². The Morgan fingerprint density at radius 3 is 1.43 bits per heavy atom. The molecule has 0 aromatic heterocycles. The van der Waals surface area contributed by atoms with Crippen molar-refractivity contribution in [3.8, 4) is 6.07 Å². The average Bonchev–Trinajstić information content (AvgIpc) is 2.77. The van der Waals surface area contributed by atoms with Gasteiger partial charge in [0.05, 0.1) is 24.3 Å². The van der Waals surface area contributed by atoms with Crippen molar-refractivity contribution in [3.63, 3.8) is 0 Å². The topological polar surface area (TPSA) is 50.1 Å². The lowest BCUT2D eigenvalue weighted by Crippen LogP contribution is -2.00. The van der Waals surface area contributed by atoms with Crippen LogP contribution >= 0.6 is 0 Å². The molecule has 0 saturated heterocycles. The lowest BCUT2D eigenvalue weighted by atomic mass is 10.1. The van der Waals surface area contributed by atoms with Crippen LogP contribution in [0.15, 0.2) is 72.8 Å². The normalized spacial score (nSPS) is 10.9. The maximum Gasteiger partial charge on any atom is 0.337 e. The Hall–Kier alpha value is -3.90. The molecule has 3 heteroatoms. The quantitative estimate of drug-likeness (QED) is 0.431. The monoisotopic (exact) mass is 365 g/mol. The van der Waals surface area contributed by atoms with Crippen molar-refractivity contribution >= 4 is 30.3 Å². The van der Waals surface area contributed by atoms with E-state index in [-0.39, 0.29) is 5.97 Å². The third-order valence-electron chi connectivity index (χ3n) is 4.24. The fourth-order valence-corrected chi connectivity index (χ4v) is 2.62. The van der Waals surface area contributed by atoms with Crippen molar-refractivity contribution < 1.29 is 9.53 Å². The van der Waals surface area contributed by atoms with E-state index in [1.54, 1.807) is 12.1 Å². The van der Waals surface area contributed by atoms with Crippen molar-refractivity contribution in [3.05, 3.63) is 106 Å². The van der Waals surface area contributed by atoms with Gasteiger partial charge >= 0.3 is 5.97 Å². The molecule has 0 radical (unpaired) electrons. The largest absolute Gasteiger partial charge is 0.465 e. The summed E-state index contributed by atoms with van der Waals surface area (Å²) in [5, 5.41) is 8.83. The molecule has 0 spiro atoms. The summed E-state index contributed by atoms with van der Waals surface area (Å²) >= 11 is 0. The van der Waals surface area contributed by atoms with Crippen LogP contribution in [0.1, 0.15) is 38.2 Å². The van der Waals surface area contributed by atoms with Gasteiger partial charge in [-0.3, -0.25) is 0 Å². The van der Waals surface area contributed by atoms with Crippen molar-refractivity contribution in [2.24, 2.45) is 0 Å². The minimum atomic E-state index is -0.333. The highest BCUT2D eigenvalue weighted by Crippen LogP contribution is 2.14. The molecule has 136 valence electrons. The van der Waals surface area contributed by atoms with Crippen LogP contribution in [0.2, 0.25) is 0 Å². The number of rotatable bonds is 5. The van der Waals surface area contributed by atoms with Crippen LogP contribution in [0.5, 0.6) is 0 Å². The number of carbonyl (C=O) groups excluding carboxylic acids is 1. The molecule has 3 aromatic rings. The Morgan fingerprint density at radius 2 is 1.07 bits per heavy atom. The lowest BCUT2D eigenvalue weighted by molar-refractivity contribution is 0.0600. The van der Waals surface area contributed by atoms with Gasteiger partial charge in [0.15, 0.2) is 0 Å². The molecule has 0 bridgehead atoms. The van der Waals surface area contributed by atoms with Gasteiger partial charge in [0, 0.05) is 0 Å². The highest BCUT2D eigenvalue weighted by molar-refractivity contribution is 5.89. The summed E-state index contributed by atoms with van der Waals surface area (Å²) in [6.07, 6.45) is 8.10. The molecule has 0 aliphatic rings. The fourth-order valence-electron chi connectivity index (χ4n) is 2.62. The Balaban J connectivity index is 1.63. The molecule has 3 aromatic carbocycles. The highest BCUT2D eigenvalue weighted by Gasteiger charge is 2.03. The molecule has 0 heterocycles. The van der Waals surface area contributed by atoms with Gasteiger partial charge in [0.25, 0.3) is 0 Å². The summed E-state index contributed by atoms with van der Waals surface area (Å²) in [5.41, 5.74) is 5.46. The molecule has 0 aliphatic carbocycles. The Morgan fingerprint density at radius 1 is 0.714 bits per heavy atom. The first kappa shape index (κ1) is 18.9. The zero-order valence-corrected chi connectivity index (χ0v) is 15.5. The van der Waals surface area contributed by atoms with Gasteiger partial charge in [-0.15, -0.1) is 0 Å². The molecule has 0 fully saturated rings. The number of esters is 1. The zero-order chi connectivity index (χ0) is 19.8. The predicted octanol–water partition coefficient (Wildman–Crippen LogP) is 5.69. The molecule has 3 rings (SSSR count). The van der Waals surface area contributed by atoms with Gasteiger partial charge in [0.2, 0.25) is 0 Å². The summed E-state index contributed by atoms with van der Waals surface area (Å²) in [6, 6.07) is 25.1. The maximum absolute atomic E-state index is 11.5. The zero-order valence-electron chi connectivity index (χ0n) is 15.5. The number of hydrogen-bond donors (Lipinski definition) is 0. The maximum atomic E-state index is 11.5. The number of ether oxygens (including phenoxy) is 1. The molecule has 0 saturated carbocycles. The summed E-state index contributed by atoms with van der Waals surface area (Å²) in [5.74, 6) is -0.333. The number of benzene rings is 3. The second kappa shape index (κ2) is 9.16. The minimum Gasteiger partial charge on any atom is -0.465 e. The molecule has 0 amide bonds. The average molecular weight is 365 g/mol. The molecule has 3 nitrogen and oxygen atoms in total. The van der Waals surface area contributed by atoms with E-state index in [0.717, 1.165) is 22.3 Å². The van der Waals surface area contributed by atoms with Crippen molar-refractivity contribution in [2.75, 3.05) is 7.11 Å². The Kier molecular flexibility index (Phi) is 6.17. The van der Waals surface area contributed by atoms with Gasteiger partial charge in [-0.2, -0.15) is 5.26 Å². The molecular formula is C25H19NO2. The second-order valence-electron chi connectivity index (χ2n) is 6.18. The lowest BCUT2D eigenvalue weighted by Gasteiger charge is -2.00. The van der Waals surface area contributed by atoms with Gasteiger partial charge in [-0.05, 0) is 46.5 Å². The third kappa shape index (κ3) is 5.06. The Bertz CT molecular complexity index is 1040. The van der Waals surface area contributed by atoms with Gasteiger partial charge in [0.1, 0.15) is 0 Å². The van der Waals surface area contributed by atoms with Crippen molar-refractivity contribution in [1.82, 2.24) is 0 Å². The first-order valence-electron chi connectivity index (χ1n) is 8.83.